The van der Waals surface area contributed by atoms with Gasteiger partial charge in [-0.1, -0.05) is 140 Å². The molecular formula is C45H27N3O. The lowest BCUT2D eigenvalue weighted by molar-refractivity contribution is 0.673. The van der Waals surface area contributed by atoms with E-state index < -0.39 is 0 Å². The first-order chi connectivity index (χ1) is 24.3. The van der Waals surface area contributed by atoms with Crippen LogP contribution in [0.3, 0.4) is 0 Å². The smallest absolute Gasteiger partial charge is 0.164 e. The van der Waals surface area contributed by atoms with Gasteiger partial charge < -0.3 is 4.42 Å². The van der Waals surface area contributed by atoms with Gasteiger partial charge in [-0.15, -0.1) is 0 Å². The number of hydrogen-bond donors (Lipinski definition) is 0. The third-order valence-electron chi connectivity index (χ3n) is 9.48. The lowest BCUT2D eigenvalue weighted by Crippen LogP contribution is -2.00. The summed E-state index contributed by atoms with van der Waals surface area (Å²) < 4.78 is 6.58. The van der Waals surface area contributed by atoms with E-state index in [1.807, 2.05) is 48.5 Å². The Bertz CT molecular complexity index is 2880. The van der Waals surface area contributed by atoms with Crippen molar-refractivity contribution in [2.75, 3.05) is 0 Å². The molecule has 4 nitrogen and oxygen atoms in total. The van der Waals surface area contributed by atoms with Crippen LogP contribution in [-0.4, -0.2) is 15.0 Å². The first-order valence-corrected chi connectivity index (χ1v) is 16.4. The predicted octanol–water partition coefficient (Wildman–Crippen LogP) is 11.9. The molecule has 0 spiro atoms. The van der Waals surface area contributed by atoms with Gasteiger partial charge in [-0.3, -0.25) is 0 Å². The Balaban J connectivity index is 1.17. The zero-order chi connectivity index (χ0) is 32.3. The molecule has 2 heterocycles. The summed E-state index contributed by atoms with van der Waals surface area (Å²) in [5.74, 6) is 1.88. The van der Waals surface area contributed by atoms with Gasteiger partial charge in [0.1, 0.15) is 11.2 Å². The molecule has 0 saturated carbocycles. The van der Waals surface area contributed by atoms with Gasteiger partial charge in [0.05, 0.1) is 0 Å². The topological polar surface area (TPSA) is 51.8 Å². The van der Waals surface area contributed by atoms with Crippen LogP contribution in [0.25, 0.3) is 99.5 Å². The maximum Gasteiger partial charge on any atom is 0.164 e. The van der Waals surface area contributed by atoms with Crippen molar-refractivity contribution in [1.29, 1.82) is 0 Å². The molecule has 0 fully saturated rings. The van der Waals surface area contributed by atoms with Gasteiger partial charge in [0.25, 0.3) is 0 Å². The van der Waals surface area contributed by atoms with Crippen molar-refractivity contribution in [1.82, 2.24) is 15.0 Å². The summed E-state index contributed by atoms with van der Waals surface area (Å²) in [5.41, 5.74) is 6.92. The average molecular weight is 626 g/mol. The molecule has 10 rings (SSSR count). The minimum absolute atomic E-state index is 0.614. The second kappa shape index (κ2) is 11.0. The van der Waals surface area contributed by atoms with Crippen molar-refractivity contribution < 1.29 is 4.42 Å². The molecule has 0 aliphatic rings. The third-order valence-corrected chi connectivity index (χ3v) is 9.48. The van der Waals surface area contributed by atoms with Crippen molar-refractivity contribution in [3.8, 4) is 45.3 Å². The zero-order valence-electron chi connectivity index (χ0n) is 26.3. The summed E-state index contributed by atoms with van der Waals surface area (Å²) in [5, 5.41) is 9.08. The van der Waals surface area contributed by atoms with Gasteiger partial charge in [0.15, 0.2) is 17.5 Å². The van der Waals surface area contributed by atoms with Crippen LogP contribution in [0.1, 0.15) is 0 Å². The van der Waals surface area contributed by atoms with Gasteiger partial charge in [-0.05, 0) is 62.3 Å². The number of nitrogens with zero attached hydrogens (tertiary/aromatic N) is 3. The van der Waals surface area contributed by atoms with Crippen LogP contribution in [0.15, 0.2) is 168 Å². The van der Waals surface area contributed by atoms with Crippen LogP contribution in [0.4, 0.5) is 0 Å². The summed E-state index contributed by atoms with van der Waals surface area (Å²) >= 11 is 0. The van der Waals surface area contributed by atoms with Crippen LogP contribution in [-0.2, 0) is 0 Å². The molecule has 0 unspecified atom stereocenters. The minimum atomic E-state index is 0.614. The lowest BCUT2D eigenvalue weighted by atomic mass is 9.95. The third kappa shape index (κ3) is 4.57. The molecule has 0 amide bonds. The Morgan fingerprint density at radius 1 is 0.327 bits per heavy atom. The maximum atomic E-state index is 6.58. The SMILES string of the molecule is c1ccc(-c2ccc3cc(-c4nc(-c5ccccc5)nc(-c5ccc6c7ccccc7c7c8ccccc8oc7c6c5)n4)ccc3c2)cc1. The number of aromatic nitrogens is 3. The lowest BCUT2D eigenvalue weighted by Gasteiger charge is -2.11. The molecule has 0 atom stereocenters. The Hall–Kier alpha value is -6.65. The molecule has 0 N–H and O–H groups in total. The van der Waals surface area contributed by atoms with Gasteiger partial charge in [-0.25, -0.2) is 15.0 Å². The van der Waals surface area contributed by atoms with E-state index in [2.05, 4.69) is 115 Å². The van der Waals surface area contributed by atoms with Crippen molar-refractivity contribution in [3.63, 3.8) is 0 Å². The highest BCUT2D eigenvalue weighted by Gasteiger charge is 2.18. The fraction of sp³-hybridized carbons (Fsp3) is 0. The van der Waals surface area contributed by atoms with Crippen molar-refractivity contribution in [3.05, 3.63) is 164 Å². The minimum Gasteiger partial charge on any atom is -0.455 e. The van der Waals surface area contributed by atoms with Gasteiger partial charge in [0.2, 0.25) is 0 Å². The Labute approximate surface area is 282 Å². The number of para-hydroxylation sites is 1. The summed E-state index contributed by atoms with van der Waals surface area (Å²) in [4.78, 5) is 15.2. The number of furan rings is 1. The van der Waals surface area contributed by atoms with E-state index in [9.17, 15) is 0 Å². The molecule has 2 aromatic heterocycles. The van der Waals surface area contributed by atoms with Crippen LogP contribution < -0.4 is 0 Å². The first-order valence-electron chi connectivity index (χ1n) is 16.4. The highest BCUT2D eigenvalue weighted by atomic mass is 16.3. The van der Waals surface area contributed by atoms with Gasteiger partial charge in [-0.2, -0.15) is 0 Å². The predicted molar refractivity (Wildman–Crippen MR) is 201 cm³/mol. The van der Waals surface area contributed by atoms with E-state index in [-0.39, 0.29) is 0 Å². The van der Waals surface area contributed by atoms with E-state index in [4.69, 9.17) is 19.4 Å². The van der Waals surface area contributed by atoms with E-state index in [1.54, 1.807) is 0 Å². The molecule has 49 heavy (non-hydrogen) atoms. The fourth-order valence-electron chi connectivity index (χ4n) is 7.09. The second-order valence-electron chi connectivity index (χ2n) is 12.4. The maximum absolute atomic E-state index is 6.58. The number of fused-ring (bicyclic) bond motifs is 9. The van der Waals surface area contributed by atoms with Crippen molar-refractivity contribution >= 4 is 54.3 Å². The molecule has 0 saturated heterocycles. The highest BCUT2D eigenvalue weighted by molar-refractivity contribution is 6.30. The summed E-state index contributed by atoms with van der Waals surface area (Å²) in [6, 6.07) is 56.9. The molecule has 0 aliphatic carbocycles. The quantitative estimate of drug-likeness (QED) is 0.183. The number of rotatable bonds is 4. The summed E-state index contributed by atoms with van der Waals surface area (Å²) in [6.45, 7) is 0. The molecule has 0 radical (unpaired) electrons. The summed E-state index contributed by atoms with van der Waals surface area (Å²) in [6.07, 6.45) is 0. The van der Waals surface area contributed by atoms with Crippen LogP contribution in [0.2, 0.25) is 0 Å². The van der Waals surface area contributed by atoms with Gasteiger partial charge in [0, 0.05) is 32.8 Å². The van der Waals surface area contributed by atoms with E-state index in [0.717, 1.165) is 54.8 Å². The Morgan fingerprint density at radius 3 is 1.57 bits per heavy atom. The van der Waals surface area contributed by atoms with Crippen LogP contribution in [0.5, 0.6) is 0 Å². The monoisotopic (exact) mass is 625 g/mol. The van der Waals surface area contributed by atoms with E-state index in [1.165, 1.54) is 27.3 Å². The van der Waals surface area contributed by atoms with E-state index in [0.29, 0.717) is 17.5 Å². The van der Waals surface area contributed by atoms with Crippen LogP contribution >= 0.6 is 0 Å². The largest absolute Gasteiger partial charge is 0.455 e. The molecule has 4 heteroatoms. The molecule has 0 aliphatic heterocycles. The highest BCUT2D eigenvalue weighted by Crippen LogP contribution is 2.42. The molecule has 8 aromatic carbocycles. The van der Waals surface area contributed by atoms with Crippen molar-refractivity contribution in [2.24, 2.45) is 0 Å². The average Bonchev–Trinajstić information content (AvgIpc) is 3.58. The Morgan fingerprint density at radius 2 is 0.837 bits per heavy atom. The molecule has 10 aromatic rings. The summed E-state index contributed by atoms with van der Waals surface area (Å²) in [7, 11) is 0. The number of benzene rings is 8. The second-order valence-corrected chi connectivity index (χ2v) is 12.4. The number of hydrogen-bond acceptors (Lipinski definition) is 4. The standard InChI is InChI=1S/C45H27N3O/c1-3-11-28(12-4-1)30-19-20-32-26-33(22-21-31(32)25-30)44-46-43(29-13-5-2-6-14-29)47-45(48-44)34-23-24-36-35-15-7-8-16-37(35)41-38-17-9-10-18-40(38)49-42(41)39(36)27-34/h1-27H. The zero-order valence-corrected chi connectivity index (χ0v) is 26.3. The Kier molecular flexibility index (Phi) is 6.15. The molecule has 0 bridgehead atoms. The fourth-order valence-corrected chi connectivity index (χ4v) is 7.09. The normalized spacial score (nSPS) is 11.7. The molecule has 228 valence electrons. The van der Waals surface area contributed by atoms with E-state index >= 15 is 0 Å². The van der Waals surface area contributed by atoms with Crippen LogP contribution in [0, 0.1) is 0 Å². The first kappa shape index (κ1) is 27.5. The van der Waals surface area contributed by atoms with Gasteiger partial charge >= 0.3 is 0 Å². The molecular weight excluding hydrogens is 599 g/mol. The van der Waals surface area contributed by atoms with Crippen molar-refractivity contribution in [2.45, 2.75) is 0 Å².